The molecule has 45 heavy (non-hydrogen) atoms. The molecule has 1 saturated carbocycles. The van der Waals surface area contributed by atoms with Crippen molar-refractivity contribution in [1.82, 2.24) is 20.2 Å². The van der Waals surface area contributed by atoms with Crippen LogP contribution in [0.25, 0.3) is 11.0 Å². The summed E-state index contributed by atoms with van der Waals surface area (Å²) >= 11 is 0. The first-order valence-corrected chi connectivity index (χ1v) is 15.7. The second-order valence-corrected chi connectivity index (χ2v) is 13.5. The van der Waals surface area contributed by atoms with E-state index in [-0.39, 0.29) is 36.4 Å². The molecule has 6 unspecified atom stereocenters. The number of methoxy groups -OCH3 is 1. The molecule has 2 fully saturated rings. The molecule has 13 heteroatoms. The summed E-state index contributed by atoms with van der Waals surface area (Å²) in [6.07, 6.45) is 0.537. The van der Waals surface area contributed by atoms with E-state index < -0.39 is 65.5 Å². The molecule has 11 nitrogen and oxygen atoms in total. The van der Waals surface area contributed by atoms with E-state index in [0.717, 1.165) is 0 Å². The van der Waals surface area contributed by atoms with Crippen molar-refractivity contribution in [3.63, 3.8) is 0 Å². The van der Waals surface area contributed by atoms with Crippen LogP contribution in [0, 0.1) is 17.3 Å². The molecule has 3 amide bonds. The Morgan fingerprint density at radius 3 is 2.58 bits per heavy atom. The third-order valence-corrected chi connectivity index (χ3v) is 9.05. The molecule has 5 rings (SSSR count). The van der Waals surface area contributed by atoms with E-state index in [4.69, 9.17) is 19.9 Å². The van der Waals surface area contributed by atoms with Crippen LogP contribution in [0.15, 0.2) is 18.2 Å². The average molecular weight is 632 g/mol. The Hall–Kier alpha value is -3.77. The fourth-order valence-electron chi connectivity index (χ4n) is 6.52. The molecular weight excluding hydrogens is 588 g/mol. The summed E-state index contributed by atoms with van der Waals surface area (Å²) < 4.78 is 49.1. The third-order valence-electron chi connectivity index (χ3n) is 9.05. The molecule has 2 bridgehead atoms. The molecule has 0 spiro atoms. The molecule has 3 N–H and O–H groups in total. The zero-order valence-corrected chi connectivity index (χ0v) is 26.5. The number of alkyl carbamates (subject to hydrolysis) is 1. The number of halogens is 2. The summed E-state index contributed by atoms with van der Waals surface area (Å²) in [6, 6.07) is 2.61. The first-order chi connectivity index (χ1) is 21.2. The summed E-state index contributed by atoms with van der Waals surface area (Å²) in [4.78, 5) is 50.2. The number of hydrogen-bond acceptors (Lipinski definition) is 8. The van der Waals surface area contributed by atoms with Crippen molar-refractivity contribution in [2.75, 3.05) is 13.7 Å². The van der Waals surface area contributed by atoms with Gasteiger partial charge in [-0.3, -0.25) is 9.59 Å². The normalized spacial score (nSPS) is 28.9. The van der Waals surface area contributed by atoms with Crippen LogP contribution in [0.1, 0.15) is 78.3 Å². The van der Waals surface area contributed by atoms with E-state index in [1.807, 2.05) is 6.92 Å². The fraction of sp³-hybridized carbons (Fsp3) is 0.656. The topological polar surface area (TPSA) is 146 Å². The van der Waals surface area contributed by atoms with Crippen molar-refractivity contribution < 1.29 is 37.4 Å². The van der Waals surface area contributed by atoms with Crippen LogP contribution in [0.4, 0.5) is 13.6 Å². The number of carbonyl (C=O) groups excluding carboxylic acids is 3. The van der Waals surface area contributed by atoms with Gasteiger partial charge in [0, 0.05) is 18.4 Å². The minimum atomic E-state index is -3.38. The monoisotopic (exact) mass is 631 g/mol. The number of ether oxygens (including phenoxy) is 3. The quantitative estimate of drug-likeness (QED) is 0.494. The van der Waals surface area contributed by atoms with E-state index in [1.165, 1.54) is 12.0 Å². The van der Waals surface area contributed by atoms with Gasteiger partial charge in [-0.25, -0.2) is 14.8 Å². The maximum absolute atomic E-state index is 16.0. The minimum absolute atomic E-state index is 0.0646. The summed E-state index contributed by atoms with van der Waals surface area (Å²) in [5.41, 5.74) is 5.09. The van der Waals surface area contributed by atoms with Gasteiger partial charge < -0.3 is 30.2 Å². The SMILES string of the molecule is CCCC1C2CN(C(=O)C(C(C)(C)C)NC(=O)OC3CC3CCCCC(F)(F)c3nc4ccc(OC)cc4nc3O2)C1C(N)=O. The Labute approximate surface area is 261 Å². The molecule has 2 aliphatic heterocycles. The molecule has 0 radical (unpaired) electrons. The van der Waals surface area contributed by atoms with Crippen molar-refractivity contribution in [3.8, 4) is 11.6 Å². The zero-order valence-electron chi connectivity index (χ0n) is 26.5. The number of fused-ring (bicyclic) bond motifs is 5. The maximum Gasteiger partial charge on any atom is 0.408 e. The lowest BCUT2D eigenvalue weighted by Gasteiger charge is -2.35. The molecule has 1 aromatic carbocycles. The Kier molecular flexibility index (Phi) is 9.10. The minimum Gasteiger partial charge on any atom is -0.497 e. The van der Waals surface area contributed by atoms with Gasteiger partial charge in [-0.1, -0.05) is 40.5 Å². The Morgan fingerprint density at radius 2 is 1.91 bits per heavy atom. The number of primary amides is 1. The van der Waals surface area contributed by atoms with Crippen LogP contribution in [-0.4, -0.2) is 70.7 Å². The van der Waals surface area contributed by atoms with Crippen molar-refractivity contribution in [1.29, 1.82) is 0 Å². The number of carbonyl (C=O) groups is 3. The van der Waals surface area contributed by atoms with Gasteiger partial charge in [-0.15, -0.1) is 0 Å². The molecular formula is C32H43F2N5O6. The molecule has 1 aromatic heterocycles. The smallest absolute Gasteiger partial charge is 0.408 e. The van der Waals surface area contributed by atoms with Gasteiger partial charge in [-0.2, -0.15) is 8.78 Å². The number of amides is 3. The van der Waals surface area contributed by atoms with E-state index in [1.54, 1.807) is 39.0 Å². The van der Waals surface area contributed by atoms with E-state index in [0.29, 0.717) is 43.4 Å². The van der Waals surface area contributed by atoms with Crippen molar-refractivity contribution in [2.45, 2.75) is 103 Å². The first-order valence-electron chi connectivity index (χ1n) is 15.7. The number of nitrogens with zero attached hydrogens (tertiary/aromatic N) is 3. The number of aromatic nitrogens is 2. The summed E-state index contributed by atoms with van der Waals surface area (Å²) in [5, 5.41) is 2.74. The molecule has 3 heterocycles. The molecule has 3 aliphatic rings. The van der Waals surface area contributed by atoms with Gasteiger partial charge in [0.1, 0.15) is 30.0 Å². The van der Waals surface area contributed by atoms with E-state index in [9.17, 15) is 14.4 Å². The number of nitrogens with two attached hydrogens (primary N) is 1. The van der Waals surface area contributed by atoms with Gasteiger partial charge in [-0.05, 0) is 49.1 Å². The largest absolute Gasteiger partial charge is 0.497 e. The number of benzene rings is 1. The van der Waals surface area contributed by atoms with Crippen LogP contribution >= 0.6 is 0 Å². The lowest BCUT2D eigenvalue weighted by atomic mass is 9.85. The number of nitrogens with one attached hydrogen (secondary N) is 1. The molecule has 2 aromatic rings. The summed E-state index contributed by atoms with van der Waals surface area (Å²) in [6.45, 7) is 7.16. The Balaban J connectivity index is 1.60. The first kappa shape index (κ1) is 32.6. The fourth-order valence-corrected chi connectivity index (χ4v) is 6.52. The highest BCUT2D eigenvalue weighted by Gasteiger charge is 2.52. The van der Waals surface area contributed by atoms with Crippen molar-refractivity contribution in [2.24, 2.45) is 23.0 Å². The van der Waals surface area contributed by atoms with Crippen LogP contribution < -0.4 is 20.5 Å². The molecule has 6 atom stereocenters. The zero-order chi connectivity index (χ0) is 32.7. The molecule has 1 saturated heterocycles. The van der Waals surface area contributed by atoms with Crippen molar-refractivity contribution >= 4 is 28.9 Å². The summed E-state index contributed by atoms with van der Waals surface area (Å²) in [7, 11) is 1.49. The highest BCUT2D eigenvalue weighted by Crippen LogP contribution is 2.43. The standard InChI is InChI=1S/C32H43F2N5O6/c1-6-9-19-23-16-39(24(19)27(35)40)29(41)26(31(2,3)4)38-30(42)45-22-14-17(22)10-7-8-13-32(33,34)25-28(44-23)37-21-15-18(43-5)11-12-20(21)36-25/h11-12,15,17,19,22-24,26H,6-10,13-14,16H2,1-5H3,(H2,35,40)(H,38,42). The van der Waals surface area contributed by atoms with Gasteiger partial charge in [0.15, 0.2) is 5.69 Å². The molecule has 246 valence electrons. The van der Waals surface area contributed by atoms with E-state index in [2.05, 4.69) is 15.3 Å². The van der Waals surface area contributed by atoms with Gasteiger partial charge in [0.05, 0.1) is 24.7 Å². The van der Waals surface area contributed by atoms with Gasteiger partial charge in [0.25, 0.3) is 5.92 Å². The number of hydrogen-bond donors (Lipinski definition) is 2. The van der Waals surface area contributed by atoms with Gasteiger partial charge in [0.2, 0.25) is 17.7 Å². The Morgan fingerprint density at radius 1 is 1.16 bits per heavy atom. The lowest BCUT2D eigenvalue weighted by Crippen LogP contribution is -2.58. The second kappa shape index (κ2) is 12.6. The average Bonchev–Trinajstić information content (AvgIpc) is 3.60. The van der Waals surface area contributed by atoms with Crippen molar-refractivity contribution in [3.05, 3.63) is 23.9 Å². The predicted octanol–water partition coefficient (Wildman–Crippen LogP) is 4.69. The second-order valence-electron chi connectivity index (χ2n) is 13.5. The summed E-state index contributed by atoms with van der Waals surface area (Å²) in [5.74, 6) is -5.12. The highest BCUT2D eigenvalue weighted by atomic mass is 19.3. The van der Waals surface area contributed by atoms with Crippen LogP contribution in [0.5, 0.6) is 11.6 Å². The maximum atomic E-state index is 16.0. The van der Waals surface area contributed by atoms with Crippen LogP contribution in [-0.2, 0) is 20.2 Å². The highest BCUT2D eigenvalue weighted by molar-refractivity contribution is 5.92. The van der Waals surface area contributed by atoms with Gasteiger partial charge >= 0.3 is 6.09 Å². The number of alkyl halides is 2. The van der Waals surface area contributed by atoms with Crippen LogP contribution in [0.2, 0.25) is 0 Å². The Bertz CT molecular complexity index is 1450. The number of rotatable bonds is 4. The van der Waals surface area contributed by atoms with E-state index >= 15 is 8.78 Å². The lowest BCUT2D eigenvalue weighted by molar-refractivity contribution is -0.141. The predicted molar refractivity (Wildman–Crippen MR) is 161 cm³/mol. The molecule has 1 aliphatic carbocycles. The van der Waals surface area contributed by atoms with Crippen LogP contribution in [0.3, 0.4) is 0 Å². The third kappa shape index (κ3) is 6.91.